The molecule has 0 fully saturated rings. The van der Waals surface area contributed by atoms with Crippen LogP contribution in [0.25, 0.3) is 0 Å². The number of hydrogen-bond donors (Lipinski definition) is 1. The summed E-state index contributed by atoms with van der Waals surface area (Å²) in [5.41, 5.74) is 0.791. The maximum Gasteiger partial charge on any atom is 0.338 e. The van der Waals surface area contributed by atoms with Gasteiger partial charge in [0, 0.05) is 11.3 Å². The molecule has 0 heterocycles. The second-order valence-electron chi connectivity index (χ2n) is 5.99. The molecule has 3 aromatic carbocycles. The Morgan fingerprint density at radius 1 is 1.03 bits per heavy atom. The van der Waals surface area contributed by atoms with E-state index < -0.39 is 21.8 Å². The van der Waals surface area contributed by atoms with E-state index in [0.717, 1.165) is 6.07 Å². The molecule has 146 valence electrons. The van der Waals surface area contributed by atoms with Gasteiger partial charge in [-0.1, -0.05) is 18.2 Å². The first-order chi connectivity index (χ1) is 13.9. The van der Waals surface area contributed by atoms with Crippen molar-refractivity contribution in [3.8, 4) is 6.07 Å². The normalized spacial score (nSPS) is 10.8. The summed E-state index contributed by atoms with van der Waals surface area (Å²) in [5, 5.41) is 8.86. The molecule has 0 radical (unpaired) electrons. The molecule has 0 saturated carbocycles. The van der Waals surface area contributed by atoms with Crippen LogP contribution in [0.1, 0.15) is 21.5 Å². The summed E-state index contributed by atoms with van der Waals surface area (Å²) in [5.74, 6) is -1.29. The van der Waals surface area contributed by atoms with E-state index >= 15 is 0 Å². The van der Waals surface area contributed by atoms with Crippen molar-refractivity contribution < 1.29 is 22.3 Å². The van der Waals surface area contributed by atoms with E-state index in [1.165, 1.54) is 48.5 Å². The summed E-state index contributed by atoms with van der Waals surface area (Å²) in [6.45, 7) is -0.331. The molecule has 0 amide bonds. The lowest BCUT2D eigenvalue weighted by molar-refractivity contribution is 0.0469. The van der Waals surface area contributed by atoms with Crippen molar-refractivity contribution in [3.63, 3.8) is 0 Å². The van der Waals surface area contributed by atoms with Crippen molar-refractivity contribution in [1.29, 1.82) is 5.26 Å². The van der Waals surface area contributed by atoms with Gasteiger partial charge in [0.15, 0.2) is 0 Å². The fourth-order valence-corrected chi connectivity index (χ4v) is 3.55. The van der Waals surface area contributed by atoms with Crippen LogP contribution in [-0.4, -0.2) is 14.4 Å². The third kappa shape index (κ3) is 4.97. The predicted molar refractivity (Wildman–Crippen MR) is 104 cm³/mol. The van der Waals surface area contributed by atoms with E-state index in [9.17, 15) is 17.6 Å². The third-order valence-corrected chi connectivity index (χ3v) is 5.36. The number of hydrogen-bond acceptors (Lipinski definition) is 5. The monoisotopic (exact) mass is 410 g/mol. The highest BCUT2D eigenvalue weighted by Gasteiger charge is 2.14. The first-order valence-corrected chi connectivity index (χ1v) is 9.91. The summed E-state index contributed by atoms with van der Waals surface area (Å²) < 4.78 is 45.8. The molecular weight excluding hydrogens is 395 g/mol. The van der Waals surface area contributed by atoms with Crippen LogP contribution in [0.5, 0.6) is 0 Å². The summed E-state index contributed by atoms with van der Waals surface area (Å²) >= 11 is 0. The van der Waals surface area contributed by atoms with Gasteiger partial charge >= 0.3 is 5.97 Å². The number of halogens is 1. The van der Waals surface area contributed by atoms with Crippen LogP contribution >= 0.6 is 0 Å². The standard InChI is InChI=1S/C21H15FN2O4S/c22-20-11-6-15(13-23)12-17(20)14-28-21(25)16-7-9-18(10-8-16)24-29(26,27)19-4-2-1-3-5-19/h1-12,24H,14H2. The topological polar surface area (TPSA) is 96.3 Å². The molecule has 6 nitrogen and oxygen atoms in total. The number of ether oxygens (including phenoxy) is 1. The van der Waals surface area contributed by atoms with Crippen molar-refractivity contribution in [2.24, 2.45) is 0 Å². The number of carbonyl (C=O) groups excluding carboxylic acids is 1. The van der Waals surface area contributed by atoms with Gasteiger partial charge in [-0.25, -0.2) is 17.6 Å². The van der Waals surface area contributed by atoms with Crippen LogP contribution < -0.4 is 4.72 Å². The third-order valence-electron chi connectivity index (χ3n) is 3.96. The van der Waals surface area contributed by atoms with E-state index in [0.29, 0.717) is 0 Å². The first kappa shape index (κ1) is 20.0. The molecule has 0 aliphatic carbocycles. The molecule has 0 aromatic heterocycles. The zero-order valence-electron chi connectivity index (χ0n) is 15.0. The Morgan fingerprint density at radius 3 is 2.38 bits per heavy atom. The number of nitrogens with one attached hydrogen (secondary N) is 1. The van der Waals surface area contributed by atoms with Crippen molar-refractivity contribution in [1.82, 2.24) is 0 Å². The Bertz CT molecular complexity index is 1170. The SMILES string of the molecule is N#Cc1ccc(F)c(COC(=O)c2ccc(NS(=O)(=O)c3ccccc3)cc2)c1. The largest absolute Gasteiger partial charge is 0.457 e. The van der Waals surface area contributed by atoms with Gasteiger partial charge in [0.1, 0.15) is 12.4 Å². The molecule has 0 saturated heterocycles. The van der Waals surface area contributed by atoms with Gasteiger partial charge < -0.3 is 4.74 Å². The lowest BCUT2D eigenvalue weighted by atomic mass is 10.1. The highest BCUT2D eigenvalue weighted by molar-refractivity contribution is 7.92. The number of rotatable bonds is 6. The van der Waals surface area contributed by atoms with Gasteiger partial charge in [-0.15, -0.1) is 0 Å². The minimum atomic E-state index is -3.74. The zero-order chi connectivity index (χ0) is 20.9. The lowest BCUT2D eigenvalue weighted by Crippen LogP contribution is -2.13. The highest BCUT2D eigenvalue weighted by Crippen LogP contribution is 2.18. The van der Waals surface area contributed by atoms with Crippen molar-refractivity contribution >= 4 is 21.7 Å². The zero-order valence-corrected chi connectivity index (χ0v) is 15.8. The summed E-state index contributed by atoms with van der Waals surface area (Å²) in [6.07, 6.45) is 0. The second kappa shape index (κ2) is 8.54. The summed E-state index contributed by atoms with van der Waals surface area (Å²) in [7, 11) is -3.74. The summed E-state index contributed by atoms with van der Waals surface area (Å²) in [6, 6.07) is 19.2. The number of sulfonamides is 1. The van der Waals surface area contributed by atoms with Crippen molar-refractivity contribution in [2.45, 2.75) is 11.5 Å². The molecule has 0 unspecified atom stereocenters. The Hall–Kier alpha value is -3.70. The molecule has 0 aliphatic heterocycles. The van der Waals surface area contributed by atoms with Crippen LogP contribution in [0.15, 0.2) is 77.7 Å². The Labute approximate surface area is 167 Å². The maximum absolute atomic E-state index is 13.7. The highest BCUT2D eigenvalue weighted by atomic mass is 32.2. The predicted octanol–water partition coefficient (Wildman–Crippen LogP) is 3.86. The molecule has 8 heteroatoms. The number of benzene rings is 3. The first-order valence-electron chi connectivity index (χ1n) is 8.42. The Morgan fingerprint density at radius 2 is 1.72 bits per heavy atom. The van der Waals surface area contributed by atoms with Crippen LogP contribution in [0, 0.1) is 17.1 Å². The van der Waals surface area contributed by atoms with Gasteiger partial charge in [-0.2, -0.15) is 5.26 Å². The maximum atomic E-state index is 13.7. The fraction of sp³-hybridized carbons (Fsp3) is 0.0476. The van der Waals surface area contributed by atoms with Gasteiger partial charge in [-0.3, -0.25) is 4.72 Å². The molecule has 0 spiro atoms. The van der Waals surface area contributed by atoms with Gasteiger partial charge in [-0.05, 0) is 54.6 Å². The second-order valence-corrected chi connectivity index (χ2v) is 7.67. The van der Waals surface area contributed by atoms with Gasteiger partial charge in [0.25, 0.3) is 10.0 Å². The Kier molecular flexibility index (Phi) is 5.90. The van der Waals surface area contributed by atoms with Crippen molar-refractivity contribution in [3.05, 3.63) is 95.3 Å². The molecular formula is C21H15FN2O4S. The average Bonchev–Trinajstić information content (AvgIpc) is 2.74. The fourth-order valence-electron chi connectivity index (χ4n) is 2.47. The van der Waals surface area contributed by atoms with E-state index in [4.69, 9.17) is 10.00 Å². The minimum Gasteiger partial charge on any atom is -0.457 e. The number of nitrogens with zero attached hydrogens (tertiary/aromatic N) is 1. The summed E-state index contributed by atoms with van der Waals surface area (Å²) in [4.78, 5) is 12.3. The molecule has 1 N–H and O–H groups in total. The Balaban J connectivity index is 1.66. The van der Waals surface area contributed by atoms with E-state index in [2.05, 4.69) is 4.72 Å². The molecule has 0 bridgehead atoms. The number of carbonyl (C=O) groups is 1. The molecule has 3 aromatic rings. The smallest absolute Gasteiger partial charge is 0.338 e. The van der Waals surface area contributed by atoms with E-state index in [1.54, 1.807) is 18.2 Å². The molecule has 0 aliphatic rings. The minimum absolute atomic E-state index is 0.0876. The molecule has 3 rings (SSSR count). The van der Waals surface area contributed by atoms with E-state index in [-0.39, 0.29) is 33.9 Å². The molecule has 0 atom stereocenters. The van der Waals surface area contributed by atoms with Gasteiger partial charge in [0.05, 0.1) is 22.1 Å². The van der Waals surface area contributed by atoms with Crippen molar-refractivity contribution in [2.75, 3.05) is 4.72 Å². The quantitative estimate of drug-likeness (QED) is 0.623. The van der Waals surface area contributed by atoms with Gasteiger partial charge in [0.2, 0.25) is 0 Å². The van der Waals surface area contributed by atoms with Crippen LogP contribution in [0.2, 0.25) is 0 Å². The number of nitriles is 1. The lowest BCUT2D eigenvalue weighted by Gasteiger charge is -2.09. The van der Waals surface area contributed by atoms with Crippen LogP contribution in [0.3, 0.4) is 0 Å². The van der Waals surface area contributed by atoms with Crippen LogP contribution in [-0.2, 0) is 21.4 Å². The number of anilines is 1. The van der Waals surface area contributed by atoms with E-state index in [1.807, 2.05) is 6.07 Å². The number of esters is 1. The molecule has 29 heavy (non-hydrogen) atoms. The average molecular weight is 410 g/mol. The van der Waals surface area contributed by atoms with Crippen LogP contribution in [0.4, 0.5) is 10.1 Å².